The lowest BCUT2D eigenvalue weighted by Gasteiger charge is -2.34. The number of ether oxygens (including phenoxy) is 3. The number of hydrogen-bond acceptors (Lipinski definition) is 9. The average molecular weight is 668 g/mol. The molecule has 1 rings (SSSR count). The fourth-order valence-electron chi connectivity index (χ4n) is 4.50. The van der Waals surface area contributed by atoms with Gasteiger partial charge in [0.15, 0.2) is 5.78 Å². The van der Waals surface area contributed by atoms with Gasteiger partial charge < -0.3 is 35.7 Å². The van der Waals surface area contributed by atoms with E-state index in [0.29, 0.717) is 0 Å². The van der Waals surface area contributed by atoms with E-state index in [-0.39, 0.29) is 18.6 Å². The summed E-state index contributed by atoms with van der Waals surface area (Å²) < 4.78 is 31.4. The predicted molar refractivity (Wildman–Crippen MR) is 174 cm³/mol. The van der Waals surface area contributed by atoms with Crippen LogP contribution in [0.5, 0.6) is 0 Å². The summed E-state index contributed by atoms with van der Waals surface area (Å²) in [4.78, 5) is 65.2. The fraction of sp³-hybridized carbons (Fsp3) is 0.676. The van der Waals surface area contributed by atoms with Gasteiger partial charge in [0.2, 0.25) is 11.8 Å². The molecular formula is C34H54FN3O9. The van der Waals surface area contributed by atoms with Gasteiger partial charge in [-0.05, 0) is 87.8 Å². The van der Waals surface area contributed by atoms with E-state index >= 15 is 0 Å². The van der Waals surface area contributed by atoms with Crippen molar-refractivity contribution in [3.8, 4) is 0 Å². The summed E-state index contributed by atoms with van der Waals surface area (Å²) in [7, 11) is 0. The van der Waals surface area contributed by atoms with Gasteiger partial charge >= 0.3 is 11.9 Å². The Morgan fingerprint density at radius 1 is 0.872 bits per heavy atom. The summed E-state index contributed by atoms with van der Waals surface area (Å²) in [6.07, 6.45) is -2.20. The lowest BCUT2D eigenvalue weighted by atomic mass is 9.90. The van der Waals surface area contributed by atoms with Gasteiger partial charge in [-0.3, -0.25) is 19.2 Å². The number of aliphatic carboxylic acids is 1. The quantitative estimate of drug-likeness (QED) is 0.191. The number of nitrogens with two attached hydrogens (primary N) is 1. The summed E-state index contributed by atoms with van der Waals surface area (Å²) in [5.74, 6) is -6.28. The molecule has 266 valence electrons. The smallest absolute Gasteiger partial charge is 0.326 e. The van der Waals surface area contributed by atoms with Gasteiger partial charge in [0.25, 0.3) is 0 Å². The second-order valence-corrected chi connectivity index (χ2v) is 15.1. The van der Waals surface area contributed by atoms with E-state index in [9.17, 15) is 33.5 Å². The summed E-state index contributed by atoms with van der Waals surface area (Å²) in [6, 6.07) is 2.95. The first-order valence-corrected chi connectivity index (χ1v) is 15.6. The van der Waals surface area contributed by atoms with E-state index in [2.05, 4.69) is 10.6 Å². The molecule has 0 fully saturated rings. The van der Waals surface area contributed by atoms with Crippen molar-refractivity contribution in [2.75, 3.05) is 6.61 Å². The molecule has 0 unspecified atom stereocenters. The molecule has 0 heterocycles. The van der Waals surface area contributed by atoms with Gasteiger partial charge in [0.1, 0.15) is 23.5 Å². The molecule has 5 N–H and O–H groups in total. The van der Waals surface area contributed by atoms with E-state index in [0.717, 1.165) is 0 Å². The molecule has 2 amide bonds. The van der Waals surface area contributed by atoms with E-state index in [4.69, 9.17) is 19.9 Å². The summed E-state index contributed by atoms with van der Waals surface area (Å²) in [5.41, 5.74) is 2.58. The summed E-state index contributed by atoms with van der Waals surface area (Å²) in [5, 5.41) is 14.7. The largest absolute Gasteiger partial charge is 0.480 e. The third kappa shape index (κ3) is 15.8. The van der Waals surface area contributed by atoms with Crippen LogP contribution in [0.3, 0.4) is 0 Å². The van der Waals surface area contributed by atoms with E-state index in [1.165, 1.54) is 25.1 Å². The molecular weight excluding hydrogens is 613 g/mol. The minimum absolute atomic E-state index is 0.167. The van der Waals surface area contributed by atoms with Gasteiger partial charge in [-0.1, -0.05) is 18.2 Å². The normalized spacial score (nSPS) is 16.2. The Bertz CT molecular complexity index is 1260. The van der Waals surface area contributed by atoms with Crippen LogP contribution in [0.2, 0.25) is 0 Å². The topological polar surface area (TPSA) is 183 Å². The Morgan fingerprint density at radius 2 is 1.45 bits per heavy atom. The molecule has 0 spiro atoms. The van der Waals surface area contributed by atoms with Crippen LogP contribution in [-0.2, 0) is 44.6 Å². The number of benzene rings is 1. The number of esters is 1. The molecule has 12 nitrogen and oxygen atoms in total. The molecule has 5 atom stereocenters. The van der Waals surface area contributed by atoms with Gasteiger partial charge in [-0.25, -0.2) is 9.18 Å². The van der Waals surface area contributed by atoms with Crippen LogP contribution < -0.4 is 16.4 Å². The van der Waals surface area contributed by atoms with Gasteiger partial charge in [0, 0.05) is 12.8 Å². The number of carboxylic acids is 1. The number of amides is 2. The van der Waals surface area contributed by atoms with Crippen LogP contribution in [0.4, 0.5) is 4.39 Å². The summed E-state index contributed by atoms with van der Waals surface area (Å²) >= 11 is 0. The Hall–Kier alpha value is -3.42. The number of Topliss-reactive ketones (excluding diaryl/α,β-unsaturated/α-hetero) is 1. The number of carbonyl (C=O) groups is 5. The molecule has 1 aromatic carbocycles. The highest BCUT2D eigenvalue weighted by atomic mass is 19.1. The Labute approximate surface area is 277 Å². The van der Waals surface area contributed by atoms with Crippen LogP contribution >= 0.6 is 0 Å². The maximum atomic E-state index is 14.4. The molecule has 0 aliphatic heterocycles. The highest BCUT2D eigenvalue weighted by Gasteiger charge is 2.39. The van der Waals surface area contributed by atoms with Crippen molar-refractivity contribution in [3.05, 3.63) is 35.6 Å². The molecule has 13 heteroatoms. The zero-order chi connectivity index (χ0) is 36.5. The molecule has 0 aromatic heterocycles. The molecule has 0 saturated carbocycles. The lowest BCUT2D eigenvalue weighted by Crippen LogP contribution is -2.60. The molecule has 0 radical (unpaired) electrons. The van der Waals surface area contributed by atoms with Crippen LogP contribution in [0.1, 0.15) is 94.6 Å². The Balaban J connectivity index is 3.35. The molecule has 47 heavy (non-hydrogen) atoms. The number of halogens is 1. The number of carbonyl (C=O) groups excluding carboxylic acids is 4. The van der Waals surface area contributed by atoms with Gasteiger partial charge in [0.05, 0.1) is 41.8 Å². The lowest BCUT2D eigenvalue weighted by molar-refractivity contribution is -0.159. The van der Waals surface area contributed by atoms with E-state index < -0.39 is 94.6 Å². The van der Waals surface area contributed by atoms with Crippen molar-refractivity contribution in [3.63, 3.8) is 0 Å². The first kappa shape index (κ1) is 41.6. The SMILES string of the molecule is C[C@@H](OC(C)(C)C)[C@H](NC(=O)[C@@](C)(N)Cc1ccccc1F)C(=O)C[C@@H](COC(C)(C)C)C(=O)N[C@@H](CC(=O)OC(C)(C)C)C(=O)O. The number of hydrogen-bond donors (Lipinski definition) is 4. The van der Waals surface area contributed by atoms with E-state index in [1.807, 2.05) is 0 Å². The Morgan fingerprint density at radius 3 is 1.94 bits per heavy atom. The van der Waals surface area contributed by atoms with Crippen molar-refractivity contribution in [2.45, 2.75) is 136 Å². The van der Waals surface area contributed by atoms with Crippen molar-refractivity contribution < 1.29 is 47.7 Å². The van der Waals surface area contributed by atoms with Crippen molar-refractivity contribution in [1.29, 1.82) is 0 Å². The maximum absolute atomic E-state index is 14.4. The van der Waals surface area contributed by atoms with Crippen molar-refractivity contribution >= 4 is 29.5 Å². The zero-order valence-corrected chi connectivity index (χ0v) is 29.6. The fourth-order valence-corrected chi connectivity index (χ4v) is 4.50. The second kappa shape index (κ2) is 16.6. The molecule has 0 aliphatic rings. The first-order valence-electron chi connectivity index (χ1n) is 15.6. The van der Waals surface area contributed by atoms with Gasteiger partial charge in [-0.15, -0.1) is 0 Å². The van der Waals surface area contributed by atoms with Gasteiger partial charge in [-0.2, -0.15) is 0 Å². The third-order valence-corrected chi connectivity index (χ3v) is 6.62. The van der Waals surface area contributed by atoms with Crippen LogP contribution in [-0.4, -0.2) is 81.8 Å². The molecule has 0 aliphatic carbocycles. The second-order valence-electron chi connectivity index (χ2n) is 15.1. The highest BCUT2D eigenvalue weighted by Crippen LogP contribution is 2.21. The highest BCUT2D eigenvalue weighted by molar-refractivity contribution is 5.96. The monoisotopic (exact) mass is 667 g/mol. The standard InChI is InChI=1S/C34H54FN3O9/c1-20(46-32(5,6)7)27(38-30(44)34(11,36)18-21-14-12-13-15-23(21)35)25(39)16-22(19-45-31(2,3)4)28(41)37-24(29(42)43)17-26(40)47-33(8,9)10/h12-15,20,22,24,27H,16-19,36H2,1-11H3,(H,37,41)(H,38,44)(H,42,43)/t20-,22+,24+,27+,34+/m1/s1. The minimum atomic E-state index is -1.64. The minimum Gasteiger partial charge on any atom is -0.480 e. The number of nitrogens with one attached hydrogen (secondary N) is 2. The Kier molecular flexibility index (Phi) is 14.7. The molecule has 1 aromatic rings. The van der Waals surface area contributed by atoms with Crippen LogP contribution in [0, 0.1) is 11.7 Å². The van der Waals surface area contributed by atoms with E-state index in [1.54, 1.807) is 75.3 Å². The zero-order valence-electron chi connectivity index (χ0n) is 29.6. The third-order valence-electron chi connectivity index (χ3n) is 6.62. The number of ketones is 1. The first-order chi connectivity index (χ1) is 21.2. The van der Waals surface area contributed by atoms with Crippen molar-refractivity contribution in [2.24, 2.45) is 11.7 Å². The number of rotatable bonds is 16. The molecule has 0 saturated heterocycles. The molecule has 0 bridgehead atoms. The number of carboxylic acid groups (broad SMARTS) is 1. The maximum Gasteiger partial charge on any atom is 0.326 e. The van der Waals surface area contributed by atoms with Crippen molar-refractivity contribution in [1.82, 2.24) is 10.6 Å². The van der Waals surface area contributed by atoms with Crippen LogP contribution in [0.15, 0.2) is 24.3 Å². The van der Waals surface area contributed by atoms with Crippen LogP contribution in [0.25, 0.3) is 0 Å². The predicted octanol–water partition coefficient (Wildman–Crippen LogP) is 3.47. The summed E-state index contributed by atoms with van der Waals surface area (Å²) in [6.45, 7) is 18.1. The average Bonchev–Trinajstić information content (AvgIpc) is 2.87.